The molecule has 1 amide bonds. The Balaban J connectivity index is 1.59. The molecule has 2 aliphatic rings. The molecule has 0 unspecified atom stereocenters. The summed E-state index contributed by atoms with van der Waals surface area (Å²) in [4.78, 5) is 23.2. The number of hydrogen-bond acceptors (Lipinski definition) is 9. The molecule has 2 aromatic rings. The fraction of sp³-hybridized carbons (Fsp3) is 0.621. The van der Waals surface area contributed by atoms with Crippen LogP contribution in [0.2, 0.25) is 0 Å². The van der Waals surface area contributed by atoms with Gasteiger partial charge in [0.1, 0.15) is 23.5 Å². The van der Waals surface area contributed by atoms with Gasteiger partial charge in [-0.1, -0.05) is 13.8 Å². The maximum atomic E-state index is 12.2. The van der Waals surface area contributed by atoms with Crippen LogP contribution in [-0.2, 0) is 26.6 Å². The topological polar surface area (TPSA) is 149 Å². The summed E-state index contributed by atoms with van der Waals surface area (Å²) in [7, 11) is -1.37. The number of nitrogen functional groups attached to an aromatic ring is 1. The van der Waals surface area contributed by atoms with Crippen molar-refractivity contribution >= 4 is 27.6 Å². The zero-order chi connectivity index (χ0) is 30.2. The second-order valence-electron chi connectivity index (χ2n) is 12.8. The number of carbonyl (C=O) groups excluding carboxylic acids is 1. The number of anilines is 2. The molecule has 41 heavy (non-hydrogen) atoms. The summed E-state index contributed by atoms with van der Waals surface area (Å²) >= 11 is 0. The van der Waals surface area contributed by atoms with Gasteiger partial charge in [-0.05, 0) is 76.0 Å². The van der Waals surface area contributed by atoms with Crippen LogP contribution in [0.1, 0.15) is 71.4 Å². The van der Waals surface area contributed by atoms with Crippen molar-refractivity contribution in [2.75, 3.05) is 37.0 Å². The molecule has 1 aromatic carbocycles. The second kappa shape index (κ2) is 11.6. The first-order valence-electron chi connectivity index (χ1n) is 14.1. The van der Waals surface area contributed by atoms with Gasteiger partial charge in [0.25, 0.3) is 0 Å². The number of fused-ring (bicyclic) bond motifs is 3. The molecule has 1 heterocycles. The number of nitrogens with zero attached hydrogens (tertiary/aromatic N) is 3. The highest BCUT2D eigenvalue weighted by molar-refractivity contribution is 7.88. The second-order valence-corrected chi connectivity index (χ2v) is 14.6. The molecule has 226 valence electrons. The molecular formula is C29H44N6O5S. The van der Waals surface area contributed by atoms with Crippen molar-refractivity contribution in [3.05, 3.63) is 29.6 Å². The minimum Gasteiger partial charge on any atom is -0.488 e. The lowest BCUT2D eigenvalue weighted by Crippen LogP contribution is -2.42. The first-order valence-corrected chi connectivity index (χ1v) is 16.0. The molecule has 0 bridgehead atoms. The Morgan fingerprint density at radius 3 is 2.49 bits per heavy atom. The average molecular weight is 589 g/mol. The van der Waals surface area contributed by atoms with Gasteiger partial charge in [0.2, 0.25) is 10.0 Å². The molecule has 2 aliphatic carbocycles. The number of amides is 1. The fourth-order valence-corrected chi connectivity index (χ4v) is 6.28. The largest absolute Gasteiger partial charge is 0.488 e. The van der Waals surface area contributed by atoms with Crippen LogP contribution in [0, 0.1) is 0 Å². The molecule has 0 radical (unpaired) electrons. The van der Waals surface area contributed by atoms with E-state index >= 15 is 0 Å². The van der Waals surface area contributed by atoms with Crippen LogP contribution in [0.3, 0.4) is 0 Å². The smallest absolute Gasteiger partial charge is 0.407 e. The van der Waals surface area contributed by atoms with E-state index in [1.54, 1.807) is 0 Å². The van der Waals surface area contributed by atoms with E-state index < -0.39 is 21.7 Å². The minimum atomic E-state index is -3.32. The summed E-state index contributed by atoms with van der Waals surface area (Å²) < 4.78 is 38.1. The number of sulfonamides is 1. The number of carbonyl (C=O) groups is 1. The van der Waals surface area contributed by atoms with Crippen LogP contribution in [-0.4, -0.2) is 68.6 Å². The van der Waals surface area contributed by atoms with Crippen molar-refractivity contribution in [1.82, 2.24) is 20.0 Å². The third-order valence-corrected chi connectivity index (χ3v) is 8.28. The molecule has 0 spiro atoms. The molecule has 1 fully saturated rings. The number of benzene rings is 1. The number of nitrogens with two attached hydrogens (primary N) is 1. The van der Waals surface area contributed by atoms with E-state index in [-0.39, 0.29) is 24.1 Å². The molecule has 12 heteroatoms. The summed E-state index contributed by atoms with van der Waals surface area (Å²) in [5.74, 6) is 1.23. The summed E-state index contributed by atoms with van der Waals surface area (Å²) in [6.07, 6.45) is 6.07. The maximum Gasteiger partial charge on any atom is 0.407 e. The first kappa shape index (κ1) is 30.8. The van der Waals surface area contributed by atoms with Gasteiger partial charge >= 0.3 is 6.09 Å². The average Bonchev–Trinajstić information content (AvgIpc) is 2.82. The molecule has 1 saturated carbocycles. The predicted molar refractivity (Wildman–Crippen MR) is 161 cm³/mol. The van der Waals surface area contributed by atoms with E-state index in [0.29, 0.717) is 18.8 Å². The molecule has 1 aromatic heterocycles. The Kier molecular flexibility index (Phi) is 8.75. The zero-order valence-electron chi connectivity index (χ0n) is 25.2. The lowest BCUT2D eigenvalue weighted by atomic mass is 9.71. The number of aromatic nitrogens is 2. The summed E-state index contributed by atoms with van der Waals surface area (Å²) in [5.41, 5.74) is 10.2. The quantitative estimate of drug-likeness (QED) is 0.419. The van der Waals surface area contributed by atoms with Crippen LogP contribution >= 0.6 is 0 Å². The summed E-state index contributed by atoms with van der Waals surface area (Å²) in [6.45, 7) is 10.5. The number of nitrogens with one attached hydrogen (secondary N) is 2. The molecular weight excluding hydrogens is 544 g/mol. The van der Waals surface area contributed by atoms with Gasteiger partial charge in [-0.2, -0.15) is 0 Å². The Bertz CT molecular complexity index is 1380. The number of likely N-dealkylation sites (N-methyl/N-ethyl adjacent to an activating group) is 1. The van der Waals surface area contributed by atoms with Crippen LogP contribution in [0.4, 0.5) is 16.3 Å². The Labute approximate surface area is 243 Å². The highest BCUT2D eigenvalue weighted by atomic mass is 32.2. The molecule has 0 saturated heterocycles. The highest BCUT2D eigenvalue weighted by Gasteiger charge is 2.37. The van der Waals surface area contributed by atoms with Crippen molar-refractivity contribution in [1.29, 1.82) is 0 Å². The van der Waals surface area contributed by atoms with E-state index in [1.807, 2.05) is 44.9 Å². The first-order chi connectivity index (χ1) is 19.0. The SMILES string of the molecule is CN(CCNS(C)(=O)=O)c1c(OC2CCC(NC(=O)OC(C)(C)C)CC2)ccc2c1CC(C)(C)c1c(N)ncnc1-2. The number of ether oxygens (including phenoxy) is 2. The lowest BCUT2D eigenvalue weighted by molar-refractivity contribution is 0.0471. The molecule has 4 rings (SSSR count). The Morgan fingerprint density at radius 1 is 1.17 bits per heavy atom. The van der Waals surface area contributed by atoms with Crippen molar-refractivity contribution in [3.63, 3.8) is 0 Å². The van der Waals surface area contributed by atoms with E-state index in [2.05, 4.69) is 33.9 Å². The van der Waals surface area contributed by atoms with Crippen molar-refractivity contribution in [2.45, 2.75) is 89.9 Å². The molecule has 11 nitrogen and oxygen atoms in total. The number of hydrogen-bond donors (Lipinski definition) is 3. The third-order valence-electron chi connectivity index (χ3n) is 7.55. The Hall–Kier alpha value is -3.12. The van der Waals surface area contributed by atoms with Crippen molar-refractivity contribution in [3.8, 4) is 17.0 Å². The van der Waals surface area contributed by atoms with E-state index in [0.717, 1.165) is 65.8 Å². The Morgan fingerprint density at radius 2 is 1.85 bits per heavy atom. The van der Waals surface area contributed by atoms with E-state index in [1.165, 1.54) is 6.33 Å². The number of alkyl carbamates (subject to hydrolysis) is 1. The van der Waals surface area contributed by atoms with Gasteiger partial charge in [0.15, 0.2) is 0 Å². The van der Waals surface area contributed by atoms with E-state index in [9.17, 15) is 13.2 Å². The van der Waals surface area contributed by atoms with Crippen LogP contribution in [0.25, 0.3) is 11.3 Å². The van der Waals surface area contributed by atoms with Gasteiger partial charge < -0.3 is 25.4 Å². The zero-order valence-corrected chi connectivity index (χ0v) is 26.0. The van der Waals surface area contributed by atoms with E-state index in [4.69, 9.17) is 15.2 Å². The maximum absolute atomic E-state index is 12.2. The van der Waals surface area contributed by atoms with Crippen molar-refractivity contribution in [2.24, 2.45) is 0 Å². The third kappa shape index (κ3) is 7.59. The molecule has 0 aliphatic heterocycles. The lowest BCUT2D eigenvalue weighted by Gasteiger charge is -2.38. The van der Waals surface area contributed by atoms with Gasteiger partial charge in [0, 0.05) is 37.3 Å². The minimum absolute atomic E-state index is 0.0205. The monoisotopic (exact) mass is 588 g/mol. The highest BCUT2D eigenvalue weighted by Crippen LogP contribution is 2.49. The normalized spacial score (nSPS) is 20.0. The molecule has 0 atom stereocenters. The van der Waals surface area contributed by atoms with Crippen molar-refractivity contribution < 1.29 is 22.7 Å². The van der Waals surface area contributed by atoms with Gasteiger partial charge in [-0.3, -0.25) is 0 Å². The predicted octanol–water partition coefficient (Wildman–Crippen LogP) is 3.76. The molecule has 4 N–H and O–H groups in total. The van der Waals surface area contributed by atoms with Crippen LogP contribution in [0.5, 0.6) is 5.75 Å². The summed E-state index contributed by atoms with van der Waals surface area (Å²) in [5, 5.41) is 2.99. The van der Waals surface area contributed by atoms with Gasteiger partial charge in [0.05, 0.1) is 23.7 Å². The number of rotatable bonds is 8. The van der Waals surface area contributed by atoms with Gasteiger partial charge in [-0.15, -0.1) is 0 Å². The van der Waals surface area contributed by atoms with Crippen LogP contribution < -0.4 is 25.4 Å². The fourth-order valence-electron chi connectivity index (χ4n) is 5.82. The summed E-state index contributed by atoms with van der Waals surface area (Å²) in [6, 6.07) is 4.05. The van der Waals surface area contributed by atoms with Crippen LogP contribution in [0.15, 0.2) is 18.5 Å². The standard InChI is InChI=1S/C29H44N6O5S/c1-28(2,3)40-27(36)34-18-8-10-19(11-9-18)39-22-13-12-20-21(25(22)35(6)15-14-33-41(7,37)38)16-29(4,5)23-24(20)31-17-32-26(23)30/h12-13,17-19,33H,8-11,14-16H2,1-7H3,(H,34,36)(H2,30,31,32). The van der Waals surface area contributed by atoms with Gasteiger partial charge in [-0.25, -0.2) is 27.9 Å².